The fourth-order valence-electron chi connectivity index (χ4n) is 3.06. The second-order valence-electron chi connectivity index (χ2n) is 7.10. The van der Waals surface area contributed by atoms with Crippen LogP contribution in [0.1, 0.15) is 27.0 Å². The van der Waals surface area contributed by atoms with Crippen LogP contribution in [0.5, 0.6) is 0 Å². The number of nitrogens with two attached hydrogens (primary N) is 1. The van der Waals surface area contributed by atoms with E-state index in [9.17, 15) is 19.8 Å². The Balaban J connectivity index is 1.72. The van der Waals surface area contributed by atoms with E-state index in [1.807, 2.05) is 0 Å². The van der Waals surface area contributed by atoms with E-state index in [2.05, 4.69) is 10.5 Å². The summed E-state index contributed by atoms with van der Waals surface area (Å²) in [6, 6.07) is 0.142. The molecule has 0 amide bonds. The zero-order valence-electron chi connectivity index (χ0n) is 15.6. The minimum absolute atomic E-state index is 0.0374. The van der Waals surface area contributed by atoms with Crippen molar-refractivity contribution in [2.45, 2.75) is 63.2 Å². The highest BCUT2D eigenvalue weighted by molar-refractivity contribution is 5.76. The summed E-state index contributed by atoms with van der Waals surface area (Å²) in [4.78, 5) is 32.5. The molecule has 3 rings (SSSR count). The first-order valence-electron chi connectivity index (χ1n) is 8.74. The molecule has 2 fully saturated rings. The van der Waals surface area contributed by atoms with Gasteiger partial charge in [-0.1, -0.05) is 0 Å². The van der Waals surface area contributed by atoms with Crippen molar-refractivity contribution >= 4 is 11.8 Å². The van der Waals surface area contributed by atoms with Gasteiger partial charge in [0.05, 0.1) is 12.7 Å². The van der Waals surface area contributed by atoms with Crippen molar-refractivity contribution in [3.8, 4) is 0 Å². The average Bonchev–Trinajstić information content (AvgIpc) is 3.11. The average molecular weight is 400 g/mol. The zero-order chi connectivity index (χ0) is 20.6. The third kappa shape index (κ3) is 4.01. The number of carbonyl (C=O) groups is 1. The lowest BCUT2D eigenvalue weighted by molar-refractivity contribution is -0.200. The lowest BCUT2D eigenvalue weighted by atomic mass is 10.1. The topological polar surface area (TPSA) is 167 Å². The van der Waals surface area contributed by atoms with Crippen LogP contribution < -0.4 is 16.9 Å². The first-order valence-corrected chi connectivity index (χ1v) is 8.74. The molecule has 0 aromatic carbocycles. The summed E-state index contributed by atoms with van der Waals surface area (Å²) in [6.45, 7) is 4.52. The predicted octanol–water partition coefficient (Wildman–Crippen LogP) is -1.77. The van der Waals surface area contributed by atoms with E-state index in [-0.39, 0.29) is 12.4 Å². The molecule has 1 aromatic heterocycles. The van der Waals surface area contributed by atoms with Crippen LogP contribution in [-0.2, 0) is 23.8 Å². The van der Waals surface area contributed by atoms with Crippen LogP contribution in [0.25, 0.3) is 0 Å². The first-order chi connectivity index (χ1) is 13.1. The molecule has 12 heteroatoms. The summed E-state index contributed by atoms with van der Waals surface area (Å²) in [5, 5.41) is 18.8. The Kier molecular flexibility index (Phi) is 5.70. The predicted molar refractivity (Wildman–Crippen MR) is 92.7 cm³/mol. The number of ether oxygens (including phenoxy) is 3. The molecule has 156 valence electrons. The van der Waals surface area contributed by atoms with Crippen LogP contribution in [0.4, 0.5) is 5.82 Å². The molecule has 6 atom stereocenters. The highest BCUT2D eigenvalue weighted by atomic mass is 16.8. The van der Waals surface area contributed by atoms with E-state index >= 15 is 0 Å². The lowest BCUT2D eigenvalue weighted by Gasteiger charge is -2.24. The Hall–Kier alpha value is -2.09. The minimum Gasteiger partial charge on any atom is -0.394 e. The summed E-state index contributed by atoms with van der Waals surface area (Å²) >= 11 is 0. The summed E-state index contributed by atoms with van der Waals surface area (Å²) in [7, 11) is 0. The third-order valence-electron chi connectivity index (χ3n) is 4.46. The van der Waals surface area contributed by atoms with E-state index in [4.69, 9.17) is 24.8 Å². The maximum absolute atomic E-state index is 12.4. The van der Waals surface area contributed by atoms with Gasteiger partial charge >= 0.3 is 11.7 Å². The molecule has 0 spiro atoms. The number of hydrogen-bond acceptors (Lipinski definition) is 11. The standard InChI is InChI=1S/C16H24N4O8/c1-7(22)10(17)14(23)28-19-9-4-5-20(15(24)18-9)13-12-11(8(6-21)25-13)26-16(2,3)27-12/h4-5,7-8,10-13,21-22H,6,17H2,1-3H3,(H,18,19,24)/t7-,8-,10-,11-,12-,13-/m1/s1. The van der Waals surface area contributed by atoms with Crippen molar-refractivity contribution in [3.63, 3.8) is 0 Å². The van der Waals surface area contributed by atoms with Gasteiger partial charge in [-0.25, -0.2) is 15.1 Å². The number of nitrogens with one attached hydrogen (secondary N) is 1. The van der Waals surface area contributed by atoms with Crippen LogP contribution in [0, 0.1) is 0 Å². The maximum atomic E-state index is 12.4. The van der Waals surface area contributed by atoms with Gasteiger partial charge in [0.25, 0.3) is 0 Å². The van der Waals surface area contributed by atoms with E-state index in [1.54, 1.807) is 13.8 Å². The van der Waals surface area contributed by atoms with Crippen LogP contribution >= 0.6 is 0 Å². The molecule has 2 aliphatic rings. The Labute approximate surface area is 160 Å². The number of carbonyl (C=O) groups excluding carboxylic acids is 1. The van der Waals surface area contributed by atoms with Crippen LogP contribution in [-0.4, -0.2) is 68.6 Å². The van der Waals surface area contributed by atoms with E-state index in [0.29, 0.717) is 0 Å². The number of anilines is 1. The maximum Gasteiger partial charge on any atom is 0.351 e. The van der Waals surface area contributed by atoms with Gasteiger partial charge in [0, 0.05) is 12.3 Å². The molecule has 12 nitrogen and oxygen atoms in total. The van der Waals surface area contributed by atoms with Gasteiger partial charge in [-0.3, -0.25) is 4.57 Å². The molecule has 3 heterocycles. The zero-order valence-corrected chi connectivity index (χ0v) is 15.6. The molecular formula is C16H24N4O8. The molecule has 0 unspecified atom stereocenters. The van der Waals surface area contributed by atoms with Crippen LogP contribution in [0.2, 0.25) is 0 Å². The minimum atomic E-state index is -1.24. The highest BCUT2D eigenvalue weighted by Gasteiger charge is 2.55. The first kappa shape index (κ1) is 20.6. The number of nitrogens with zero attached hydrogens (tertiary/aromatic N) is 2. The van der Waals surface area contributed by atoms with Crippen molar-refractivity contribution in [3.05, 3.63) is 22.7 Å². The van der Waals surface area contributed by atoms with Gasteiger partial charge in [-0.05, 0) is 20.8 Å². The number of fused-ring (bicyclic) bond motifs is 1. The number of aliphatic hydroxyl groups excluding tert-OH is 2. The van der Waals surface area contributed by atoms with Crippen LogP contribution in [0.15, 0.2) is 17.1 Å². The summed E-state index contributed by atoms with van der Waals surface area (Å²) in [5.41, 5.74) is 6.96. The molecule has 5 N–H and O–H groups in total. The molecule has 0 radical (unpaired) electrons. The molecule has 28 heavy (non-hydrogen) atoms. The third-order valence-corrected chi connectivity index (χ3v) is 4.46. The van der Waals surface area contributed by atoms with Crippen molar-refractivity contribution in [1.82, 2.24) is 9.55 Å². The normalized spacial score (nSPS) is 30.5. The van der Waals surface area contributed by atoms with Crippen molar-refractivity contribution in [2.75, 3.05) is 12.1 Å². The number of rotatable bonds is 6. The second kappa shape index (κ2) is 7.73. The summed E-state index contributed by atoms with van der Waals surface area (Å²) < 4.78 is 18.5. The van der Waals surface area contributed by atoms with Crippen molar-refractivity contribution in [2.24, 2.45) is 5.73 Å². The molecule has 0 bridgehead atoms. The Bertz CT molecular complexity index is 782. The SMILES string of the molecule is C[C@@H](O)[C@@H](N)C(=O)ONc1ccn([C@@H]2O[C@H](CO)[C@H]3OC(C)(C)O[C@H]32)c(=O)n1. The Morgan fingerprint density at radius 3 is 2.75 bits per heavy atom. The number of aliphatic hydroxyl groups is 2. The summed E-state index contributed by atoms with van der Waals surface area (Å²) in [5.74, 6) is -1.82. The second-order valence-corrected chi connectivity index (χ2v) is 7.10. The van der Waals surface area contributed by atoms with Gasteiger partial charge < -0.3 is 35.0 Å². The molecule has 0 saturated carbocycles. The molecule has 2 saturated heterocycles. The largest absolute Gasteiger partial charge is 0.394 e. The van der Waals surface area contributed by atoms with Gasteiger partial charge in [0.1, 0.15) is 24.4 Å². The van der Waals surface area contributed by atoms with E-state index in [1.165, 1.54) is 23.8 Å². The highest BCUT2D eigenvalue weighted by Crippen LogP contribution is 2.42. The van der Waals surface area contributed by atoms with E-state index in [0.717, 1.165) is 0 Å². The fraction of sp³-hybridized carbons (Fsp3) is 0.688. The molecule has 2 aliphatic heterocycles. The quantitative estimate of drug-likeness (QED) is 0.399. The smallest absolute Gasteiger partial charge is 0.351 e. The lowest BCUT2D eigenvalue weighted by Crippen LogP contribution is -2.42. The van der Waals surface area contributed by atoms with Gasteiger partial charge in [-0.15, -0.1) is 0 Å². The Morgan fingerprint density at radius 1 is 1.46 bits per heavy atom. The van der Waals surface area contributed by atoms with E-state index < -0.39 is 54.1 Å². The Morgan fingerprint density at radius 2 is 2.14 bits per heavy atom. The monoisotopic (exact) mass is 400 g/mol. The van der Waals surface area contributed by atoms with Gasteiger partial charge in [0.2, 0.25) is 0 Å². The van der Waals surface area contributed by atoms with Crippen molar-refractivity contribution < 1.29 is 34.1 Å². The van der Waals surface area contributed by atoms with Gasteiger partial charge in [-0.2, -0.15) is 4.98 Å². The summed E-state index contributed by atoms with van der Waals surface area (Å²) in [6.07, 6.45) is -2.34. The molecule has 1 aromatic rings. The van der Waals surface area contributed by atoms with Crippen LogP contribution in [0.3, 0.4) is 0 Å². The van der Waals surface area contributed by atoms with Gasteiger partial charge in [0.15, 0.2) is 17.8 Å². The molecule has 0 aliphatic carbocycles. The fourth-order valence-corrected chi connectivity index (χ4v) is 3.06. The molecular weight excluding hydrogens is 376 g/mol. The number of hydrogen-bond donors (Lipinski definition) is 4. The van der Waals surface area contributed by atoms with Crippen molar-refractivity contribution in [1.29, 1.82) is 0 Å². The number of aromatic nitrogens is 2.